The molecule has 4 nitrogen and oxygen atoms in total. The lowest BCUT2D eigenvalue weighted by molar-refractivity contribution is 0.780. The lowest BCUT2D eigenvalue weighted by Crippen LogP contribution is -2.19. The summed E-state index contributed by atoms with van der Waals surface area (Å²) < 4.78 is 0. The van der Waals surface area contributed by atoms with E-state index in [0.29, 0.717) is 0 Å². The summed E-state index contributed by atoms with van der Waals surface area (Å²) in [5.41, 5.74) is 2.08. The average molecular weight is 242 g/mol. The van der Waals surface area contributed by atoms with Crippen molar-refractivity contribution in [2.24, 2.45) is 0 Å². The molecular formula is C14H18N4. The van der Waals surface area contributed by atoms with E-state index in [9.17, 15) is 0 Å². The van der Waals surface area contributed by atoms with Gasteiger partial charge in [-0.3, -0.25) is 4.98 Å². The van der Waals surface area contributed by atoms with E-state index in [2.05, 4.69) is 39.2 Å². The molecule has 0 aliphatic heterocycles. The fraction of sp³-hybridized carbons (Fsp3) is 0.286. The zero-order valence-electron chi connectivity index (χ0n) is 10.8. The van der Waals surface area contributed by atoms with Gasteiger partial charge in [-0.15, -0.1) is 0 Å². The minimum Gasteiger partial charge on any atom is -0.325 e. The standard InChI is InChI=1S/C14H18N4/c1-3-18(13-7-5-4-6-8-13)14-11-16-10-12(17-14)9-15-2/h4-8,10-11,15H,3,9H2,1-2H3. The van der Waals surface area contributed by atoms with Crippen molar-refractivity contribution in [2.75, 3.05) is 18.5 Å². The molecule has 0 fully saturated rings. The molecule has 0 saturated heterocycles. The van der Waals surface area contributed by atoms with Gasteiger partial charge < -0.3 is 10.2 Å². The average Bonchev–Trinajstić information content (AvgIpc) is 2.42. The van der Waals surface area contributed by atoms with Gasteiger partial charge in [-0.2, -0.15) is 0 Å². The zero-order chi connectivity index (χ0) is 12.8. The van der Waals surface area contributed by atoms with E-state index in [1.54, 1.807) is 12.4 Å². The molecule has 0 aliphatic carbocycles. The molecule has 0 aliphatic rings. The van der Waals surface area contributed by atoms with E-state index >= 15 is 0 Å². The minimum atomic E-state index is 0.729. The second-order valence-corrected chi connectivity index (χ2v) is 3.98. The van der Waals surface area contributed by atoms with Crippen LogP contribution in [-0.2, 0) is 6.54 Å². The van der Waals surface area contributed by atoms with Gasteiger partial charge in [0.05, 0.1) is 11.9 Å². The highest BCUT2D eigenvalue weighted by atomic mass is 15.2. The van der Waals surface area contributed by atoms with Gasteiger partial charge in [0.15, 0.2) is 5.82 Å². The predicted molar refractivity (Wildman–Crippen MR) is 73.9 cm³/mol. The lowest BCUT2D eigenvalue weighted by atomic mass is 10.3. The van der Waals surface area contributed by atoms with Gasteiger partial charge in [-0.1, -0.05) is 18.2 Å². The predicted octanol–water partition coefficient (Wildman–Crippen LogP) is 2.35. The van der Waals surface area contributed by atoms with Gasteiger partial charge >= 0.3 is 0 Å². The van der Waals surface area contributed by atoms with Gasteiger partial charge in [0.1, 0.15) is 0 Å². The molecule has 1 N–H and O–H groups in total. The van der Waals surface area contributed by atoms with Crippen molar-refractivity contribution in [1.29, 1.82) is 0 Å². The molecule has 1 aromatic carbocycles. The Bertz CT molecular complexity index is 484. The maximum absolute atomic E-state index is 4.61. The van der Waals surface area contributed by atoms with Crippen molar-refractivity contribution in [1.82, 2.24) is 15.3 Å². The number of aromatic nitrogens is 2. The quantitative estimate of drug-likeness (QED) is 0.874. The Morgan fingerprint density at radius 1 is 1.17 bits per heavy atom. The van der Waals surface area contributed by atoms with Crippen molar-refractivity contribution in [2.45, 2.75) is 13.5 Å². The number of benzene rings is 1. The first kappa shape index (κ1) is 12.5. The van der Waals surface area contributed by atoms with E-state index in [1.165, 1.54) is 0 Å². The number of para-hydroxylation sites is 1. The highest BCUT2D eigenvalue weighted by molar-refractivity contribution is 5.58. The Kier molecular flexibility index (Phi) is 4.25. The molecule has 94 valence electrons. The molecule has 4 heteroatoms. The number of nitrogens with one attached hydrogen (secondary N) is 1. The van der Waals surface area contributed by atoms with Gasteiger partial charge in [0.25, 0.3) is 0 Å². The van der Waals surface area contributed by atoms with E-state index in [0.717, 1.165) is 30.3 Å². The summed E-state index contributed by atoms with van der Waals surface area (Å²) in [6.45, 7) is 3.70. The van der Waals surface area contributed by atoms with Crippen LogP contribution in [0.1, 0.15) is 12.6 Å². The molecule has 0 spiro atoms. The minimum absolute atomic E-state index is 0.729. The van der Waals surface area contributed by atoms with Crippen molar-refractivity contribution in [3.05, 3.63) is 48.4 Å². The van der Waals surface area contributed by atoms with E-state index in [4.69, 9.17) is 0 Å². The fourth-order valence-electron chi connectivity index (χ4n) is 1.88. The fourth-order valence-corrected chi connectivity index (χ4v) is 1.88. The van der Waals surface area contributed by atoms with E-state index in [-0.39, 0.29) is 0 Å². The first-order valence-electron chi connectivity index (χ1n) is 6.13. The lowest BCUT2D eigenvalue weighted by Gasteiger charge is -2.22. The Balaban J connectivity index is 2.30. The highest BCUT2D eigenvalue weighted by Gasteiger charge is 2.08. The number of nitrogens with zero attached hydrogens (tertiary/aromatic N) is 3. The van der Waals surface area contributed by atoms with Gasteiger partial charge in [-0.05, 0) is 26.1 Å². The van der Waals surface area contributed by atoms with Crippen LogP contribution in [0, 0.1) is 0 Å². The van der Waals surface area contributed by atoms with Gasteiger partial charge in [-0.25, -0.2) is 4.98 Å². The normalized spacial score (nSPS) is 10.3. The largest absolute Gasteiger partial charge is 0.325 e. The molecule has 0 bridgehead atoms. The second kappa shape index (κ2) is 6.12. The summed E-state index contributed by atoms with van der Waals surface area (Å²) in [4.78, 5) is 11.0. The SMILES string of the molecule is CCN(c1ccccc1)c1cncc(CNC)n1. The topological polar surface area (TPSA) is 41.1 Å². The molecule has 0 radical (unpaired) electrons. The molecule has 0 atom stereocenters. The zero-order valence-corrected chi connectivity index (χ0v) is 10.8. The van der Waals surface area contributed by atoms with Crippen LogP contribution < -0.4 is 10.2 Å². The summed E-state index contributed by atoms with van der Waals surface area (Å²) >= 11 is 0. The number of hydrogen-bond acceptors (Lipinski definition) is 4. The third kappa shape index (κ3) is 2.84. The Morgan fingerprint density at radius 3 is 2.61 bits per heavy atom. The third-order valence-corrected chi connectivity index (χ3v) is 2.69. The highest BCUT2D eigenvalue weighted by Crippen LogP contribution is 2.22. The first-order chi connectivity index (χ1) is 8.85. The Morgan fingerprint density at radius 2 is 1.94 bits per heavy atom. The van der Waals surface area contributed by atoms with Crippen LogP contribution in [0.15, 0.2) is 42.7 Å². The van der Waals surface area contributed by atoms with E-state index < -0.39 is 0 Å². The number of anilines is 2. The van der Waals surface area contributed by atoms with Crippen molar-refractivity contribution in [3.8, 4) is 0 Å². The monoisotopic (exact) mass is 242 g/mol. The van der Waals surface area contributed by atoms with Crippen LogP contribution in [0.2, 0.25) is 0 Å². The van der Waals surface area contributed by atoms with Crippen molar-refractivity contribution < 1.29 is 0 Å². The van der Waals surface area contributed by atoms with Crippen LogP contribution in [0.25, 0.3) is 0 Å². The van der Waals surface area contributed by atoms with Crippen LogP contribution in [-0.4, -0.2) is 23.6 Å². The van der Waals surface area contributed by atoms with Gasteiger partial charge in [0, 0.05) is 25.0 Å². The molecule has 2 aromatic rings. The molecule has 18 heavy (non-hydrogen) atoms. The molecule has 0 amide bonds. The van der Waals surface area contributed by atoms with Crippen LogP contribution in [0.4, 0.5) is 11.5 Å². The maximum atomic E-state index is 4.61. The third-order valence-electron chi connectivity index (χ3n) is 2.69. The number of hydrogen-bond donors (Lipinski definition) is 1. The second-order valence-electron chi connectivity index (χ2n) is 3.98. The summed E-state index contributed by atoms with van der Waals surface area (Å²) in [7, 11) is 1.91. The molecular weight excluding hydrogens is 224 g/mol. The molecule has 1 heterocycles. The van der Waals surface area contributed by atoms with Crippen LogP contribution in [0.3, 0.4) is 0 Å². The summed E-state index contributed by atoms with van der Waals surface area (Å²) in [5.74, 6) is 0.886. The maximum Gasteiger partial charge on any atom is 0.151 e. The summed E-state index contributed by atoms with van der Waals surface area (Å²) in [5, 5.41) is 3.09. The summed E-state index contributed by atoms with van der Waals surface area (Å²) in [6.07, 6.45) is 3.59. The van der Waals surface area contributed by atoms with Crippen LogP contribution >= 0.6 is 0 Å². The molecule has 0 saturated carbocycles. The molecule has 2 rings (SSSR count). The van der Waals surface area contributed by atoms with Crippen LogP contribution in [0.5, 0.6) is 0 Å². The Labute approximate surface area is 108 Å². The summed E-state index contributed by atoms with van der Waals surface area (Å²) in [6, 6.07) is 10.2. The van der Waals surface area contributed by atoms with Crippen molar-refractivity contribution in [3.63, 3.8) is 0 Å². The van der Waals surface area contributed by atoms with Crippen molar-refractivity contribution >= 4 is 11.5 Å². The van der Waals surface area contributed by atoms with Gasteiger partial charge in [0.2, 0.25) is 0 Å². The number of rotatable bonds is 5. The Hall–Kier alpha value is -1.94. The first-order valence-corrected chi connectivity index (χ1v) is 6.13. The molecule has 1 aromatic heterocycles. The molecule has 0 unspecified atom stereocenters. The van der Waals surface area contributed by atoms with E-state index in [1.807, 2.05) is 25.2 Å². The smallest absolute Gasteiger partial charge is 0.151 e.